The molecule has 1 fully saturated rings. The second kappa shape index (κ2) is 6.99. The van der Waals surface area contributed by atoms with Gasteiger partial charge in [0.25, 0.3) is 0 Å². The van der Waals surface area contributed by atoms with Crippen LogP contribution in [0.5, 0.6) is 0 Å². The van der Waals surface area contributed by atoms with Gasteiger partial charge in [0.2, 0.25) is 11.1 Å². The monoisotopic (exact) mass is 354 g/mol. The smallest absolute Gasteiger partial charge is 0.227 e. The van der Waals surface area contributed by atoms with E-state index in [1.807, 2.05) is 30.3 Å². The highest BCUT2D eigenvalue weighted by Crippen LogP contribution is 2.26. The number of nitrogens with one attached hydrogen (secondary N) is 2. The van der Waals surface area contributed by atoms with Gasteiger partial charge in [-0.2, -0.15) is 4.98 Å². The van der Waals surface area contributed by atoms with E-state index in [4.69, 9.17) is 5.73 Å². The number of rotatable bonds is 4. The van der Waals surface area contributed by atoms with Crippen LogP contribution in [0.2, 0.25) is 0 Å². The van der Waals surface area contributed by atoms with E-state index >= 15 is 0 Å². The summed E-state index contributed by atoms with van der Waals surface area (Å²) in [6, 6.07) is 9.81. The topological polar surface area (TPSA) is 105 Å². The van der Waals surface area contributed by atoms with Crippen LogP contribution in [0.4, 0.5) is 22.6 Å². The summed E-state index contributed by atoms with van der Waals surface area (Å²) in [5.41, 5.74) is 7.57. The fourth-order valence-electron chi connectivity index (χ4n) is 2.63. The summed E-state index contributed by atoms with van der Waals surface area (Å²) in [5, 5.41) is 15.8. The molecule has 1 aliphatic heterocycles. The lowest BCUT2D eigenvalue weighted by Crippen LogP contribution is -2.44. The van der Waals surface area contributed by atoms with Gasteiger partial charge in [-0.3, -0.25) is 0 Å². The van der Waals surface area contributed by atoms with Crippen molar-refractivity contribution in [2.75, 3.05) is 42.1 Å². The summed E-state index contributed by atoms with van der Waals surface area (Å²) >= 11 is 1.37. The number of hydrogen-bond donors (Lipinski definition) is 3. The van der Waals surface area contributed by atoms with Crippen LogP contribution in [-0.2, 0) is 0 Å². The van der Waals surface area contributed by atoms with Gasteiger partial charge >= 0.3 is 0 Å². The van der Waals surface area contributed by atoms with E-state index in [9.17, 15) is 0 Å². The predicted molar refractivity (Wildman–Crippen MR) is 100 cm³/mol. The van der Waals surface area contributed by atoms with Crippen LogP contribution in [0.1, 0.15) is 0 Å². The first-order chi connectivity index (χ1) is 12.3. The van der Waals surface area contributed by atoms with Gasteiger partial charge in [0.15, 0.2) is 0 Å². The van der Waals surface area contributed by atoms with Gasteiger partial charge in [-0.25, -0.2) is 4.98 Å². The van der Waals surface area contributed by atoms with Crippen molar-refractivity contribution in [3.63, 3.8) is 0 Å². The SMILES string of the molecule is Nc1nnc(-c2ccc(Nc3ccnc(N4CCNCC4)n3)cc2)s1. The van der Waals surface area contributed by atoms with Gasteiger partial charge in [-0.05, 0) is 30.3 Å². The van der Waals surface area contributed by atoms with Crippen LogP contribution in [0.3, 0.4) is 0 Å². The Labute approximate surface area is 149 Å². The highest BCUT2D eigenvalue weighted by atomic mass is 32.1. The third-order valence-corrected chi connectivity index (χ3v) is 4.69. The maximum atomic E-state index is 5.63. The number of piperazine rings is 1. The molecule has 0 radical (unpaired) electrons. The minimum Gasteiger partial charge on any atom is -0.374 e. The molecule has 0 atom stereocenters. The lowest BCUT2D eigenvalue weighted by Gasteiger charge is -2.27. The van der Waals surface area contributed by atoms with E-state index in [-0.39, 0.29) is 0 Å². The zero-order chi connectivity index (χ0) is 17.1. The Hall–Kier alpha value is -2.78. The standard InChI is InChI=1S/C16H18N8S/c17-15-23-22-14(25-15)11-1-3-12(4-2-11)20-13-5-6-19-16(21-13)24-9-7-18-8-10-24/h1-6,18H,7-10H2,(H2,17,23)(H,19,20,21). The summed E-state index contributed by atoms with van der Waals surface area (Å²) in [6.07, 6.45) is 1.78. The van der Waals surface area contributed by atoms with E-state index < -0.39 is 0 Å². The van der Waals surface area contributed by atoms with E-state index in [1.165, 1.54) is 11.3 Å². The van der Waals surface area contributed by atoms with Crippen LogP contribution in [0, 0.1) is 0 Å². The summed E-state index contributed by atoms with van der Waals surface area (Å²) in [4.78, 5) is 11.2. The Balaban J connectivity index is 1.48. The number of nitrogens with two attached hydrogens (primary N) is 1. The maximum Gasteiger partial charge on any atom is 0.227 e. The Morgan fingerprint density at radius 3 is 2.60 bits per heavy atom. The molecular formula is C16H18N8S. The summed E-state index contributed by atoms with van der Waals surface area (Å²) < 4.78 is 0. The Bertz CT molecular complexity index is 841. The lowest BCUT2D eigenvalue weighted by molar-refractivity contribution is 0.580. The molecule has 1 aliphatic rings. The number of nitrogen functional groups attached to an aromatic ring is 1. The molecule has 8 nitrogen and oxygen atoms in total. The zero-order valence-electron chi connectivity index (χ0n) is 13.5. The molecule has 0 amide bonds. The molecule has 0 saturated carbocycles. The molecule has 0 unspecified atom stereocenters. The predicted octanol–water partition coefficient (Wildman–Crippen LogP) is 1.73. The molecule has 128 valence electrons. The first-order valence-electron chi connectivity index (χ1n) is 8.03. The molecule has 0 spiro atoms. The molecule has 1 aromatic carbocycles. The van der Waals surface area contributed by atoms with Crippen molar-refractivity contribution in [2.45, 2.75) is 0 Å². The minimum atomic E-state index is 0.471. The third-order valence-electron chi connectivity index (χ3n) is 3.89. The van der Waals surface area contributed by atoms with Crippen molar-refractivity contribution in [3.05, 3.63) is 36.5 Å². The molecule has 3 heterocycles. The van der Waals surface area contributed by atoms with Gasteiger partial charge in [-0.1, -0.05) is 11.3 Å². The number of anilines is 4. The largest absolute Gasteiger partial charge is 0.374 e. The number of nitrogens with zero attached hydrogens (tertiary/aromatic N) is 5. The maximum absolute atomic E-state index is 5.63. The molecule has 9 heteroatoms. The molecule has 3 aromatic rings. The summed E-state index contributed by atoms with van der Waals surface area (Å²) in [5.74, 6) is 1.53. The van der Waals surface area contributed by atoms with Gasteiger partial charge in [0.05, 0.1) is 0 Å². The van der Waals surface area contributed by atoms with Gasteiger partial charge in [0.1, 0.15) is 10.8 Å². The molecule has 25 heavy (non-hydrogen) atoms. The highest BCUT2D eigenvalue weighted by Gasteiger charge is 2.13. The fraction of sp³-hybridized carbons (Fsp3) is 0.250. The van der Waals surface area contributed by atoms with Crippen molar-refractivity contribution in [1.82, 2.24) is 25.5 Å². The quantitative estimate of drug-likeness (QED) is 0.651. The Morgan fingerprint density at radius 1 is 1.08 bits per heavy atom. The summed E-state index contributed by atoms with van der Waals surface area (Å²) in [7, 11) is 0. The van der Waals surface area contributed by atoms with Crippen LogP contribution in [0.15, 0.2) is 36.5 Å². The first-order valence-corrected chi connectivity index (χ1v) is 8.85. The van der Waals surface area contributed by atoms with E-state index in [0.29, 0.717) is 5.13 Å². The normalized spacial score (nSPS) is 14.5. The average Bonchev–Trinajstić information content (AvgIpc) is 3.10. The van der Waals surface area contributed by atoms with Gasteiger partial charge in [0, 0.05) is 43.6 Å². The molecule has 1 saturated heterocycles. The van der Waals surface area contributed by atoms with Crippen LogP contribution >= 0.6 is 11.3 Å². The molecule has 0 bridgehead atoms. The second-order valence-electron chi connectivity index (χ2n) is 5.63. The van der Waals surface area contributed by atoms with Gasteiger partial charge < -0.3 is 21.3 Å². The van der Waals surface area contributed by atoms with Crippen molar-refractivity contribution in [1.29, 1.82) is 0 Å². The van der Waals surface area contributed by atoms with E-state index in [2.05, 4.69) is 35.7 Å². The van der Waals surface area contributed by atoms with Crippen molar-refractivity contribution >= 4 is 33.9 Å². The summed E-state index contributed by atoms with van der Waals surface area (Å²) in [6.45, 7) is 3.75. The third kappa shape index (κ3) is 3.67. The molecule has 4 N–H and O–H groups in total. The van der Waals surface area contributed by atoms with Crippen molar-refractivity contribution < 1.29 is 0 Å². The van der Waals surface area contributed by atoms with Crippen LogP contribution in [0.25, 0.3) is 10.6 Å². The Morgan fingerprint density at radius 2 is 1.88 bits per heavy atom. The second-order valence-corrected chi connectivity index (χ2v) is 6.64. The number of aromatic nitrogens is 4. The minimum absolute atomic E-state index is 0.471. The van der Waals surface area contributed by atoms with Crippen molar-refractivity contribution in [3.8, 4) is 10.6 Å². The highest BCUT2D eigenvalue weighted by molar-refractivity contribution is 7.18. The molecular weight excluding hydrogens is 336 g/mol. The van der Waals surface area contributed by atoms with Crippen molar-refractivity contribution in [2.24, 2.45) is 0 Å². The lowest BCUT2D eigenvalue weighted by atomic mass is 10.2. The molecule has 2 aromatic heterocycles. The van der Waals surface area contributed by atoms with Gasteiger partial charge in [-0.15, -0.1) is 10.2 Å². The van der Waals surface area contributed by atoms with Crippen LogP contribution in [-0.4, -0.2) is 46.3 Å². The number of hydrogen-bond acceptors (Lipinski definition) is 9. The molecule has 4 rings (SSSR count). The van der Waals surface area contributed by atoms with E-state index in [0.717, 1.165) is 54.2 Å². The first kappa shape index (κ1) is 15.7. The number of benzene rings is 1. The van der Waals surface area contributed by atoms with E-state index in [1.54, 1.807) is 6.20 Å². The molecule has 0 aliphatic carbocycles. The Kier molecular flexibility index (Phi) is 4.40. The average molecular weight is 354 g/mol. The van der Waals surface area contributed by atoms with Crippen LogP contribution < -0.4 is 21.3 Å². The zero-order valence-corrected chi connectivity index (χ0v) is 14.3. The fourth-order valence-corrected chi connectivity index (χ4v) is 3.25.